The molecule has 8 bridgehead atoms. The predicted octanol–water partition coefficient (Wildman–Crippen LogP) is -10.5. The lowest BCUT2D eigenvalue weighted by atomic mass is 9.95. The molecule has 0 aromatic carbocycles. The lowest BCUT2D eigenvalue weighted by Gasteiger charge is -2.49. The first-order chi connectivity index (χ1) is 36.4. The molecule has 9 aliphatic rings. The minimum atomic E-state index is -2.81. The van der Waals surface area contributed by atoms with Gasteiger partial charge in [0.2, 0.25) is 18.9 Å². The van der Waals surface area contributed by atoms with E-state index in [0.29, 0.717) is 0 Å². The van der Waals surface area contributed by atoms with Crippen LogP contribution in [0.15, 0.2) is 34.6 Å². The van der Waals surface area contributed by atoms with Crippen LogP contribution in [0, 0.1) is 0 Å². The number of aliphatic hydroxyl groups excluding tert-OH is 24. The molecule has 9 heterocycles. The fourth-order valence-electron chi connectivity index (χ4n) is 8.65. The highest BCUT2D eigenvalue weighted by molar-refractivity contribution is 5.13. The Balaban J connectivity index is 1.52. The lowest BCUT2D eigenvalue weighted by molar-refractivity contribution is -0.390. The molecule has 0 saturated carbocycles. The van der Waals surface area contributed by atoms with E-state index in [1.807, 2.05) is 0 Å². The Labute approximate surface area is 434 Å². The van der Waals surface area contributed by atoms with Crippen molar-refractivity contribution in [3.63, 3.8) is 0 Å². The molecule has 26 unspecified atom stereocenters. The molecule has 77 heavy (non-hydrogen) atoms. The Hall–Kier alpha value is -3.14. The zero-order chi connectivity index (χ0) is 57.3. The van der Waals surface area contributed by atoms with E-state index in [-0.39, 0.29) is 0 Å². The van der Waals surface area contributed by atoms with E-state index in [1.165, 1.54) is 0 Å². The van der Waals surface area contributed by atoms with E-state index in [1.54, 1.807) is 0 Å². The number of ether oxygens (including phenoxy) is 11. The number of rotatable bonds is 10. The van der Waals surface area contributed by atoms with E-state index in [2.05, 4.69) is 0 Å². The normalized spacial score (nSPS) is 47.9. The Morgan fingerprint density at radius 3 is 0.714 bits per heavy atom. The number of aliphatic hydroxyl groups is 24. The molecule has 0 amide bonds. The largest absolute Gasteiger partial charge is 0.506 e. The first-order valence-corrected chi connectivity index (χ1v) is 23.8. The third-order valence-corrected chi connectivity index (χ3v) is 12.9. The molecular formula is C42H70O35. The van der Waals surface area contributed by atoms with Crippen LogP contribution in [0.25, 0.3) is 0 Å². The zero-order valence-electron chi connectivity index (χ0n) is 40.3. The molecule has 35 nitrogen and oxygen atoms in total. The summed E-state index contributed by atoms with van der Waals surface area (Å²) in [6.07, 6.45) is -58.6. The molecule has 9 aliphatic heterocycles. The smallest absolute Gasteiger partial charge is 0.218 e. The van der Waals surface area contributed by atoms with Crippen LogP contribution in [0.3, 0.4) is 0 Å². The summed E-state index contributed by atoms with van der Waals surface area (Å²) in [5.74, 6) is -9.20. The van der Waals surface area contributed by atoms with Gasteiger partial charge in [-0.3, -0.25) is 0 Å². The van der Waals surface area contributed by atoms with Gasteiger partial charge < -0.3 is 175 Å². The summed E-state index contributed by atoms with van der Waals surface area (Å²) in [5, 5.41) is 257. The Morgan fingerprint density at radius 1 is 0.247 bits per heavy atom. The highest BCUT2D eigenvalue weighted by Gasteiger charge is 2.56. The van der Waals surface area contributed by atoms with Gasteiger partial charge in [0.05, 0.1) is 26.4 Å². The van der Waals surface area contributed by atoms with Crippen LogP contribution >= 0.6 is 0 Å². The van der Waals surface area contributed by atoms with Crippen LogP contribution in [0.2, 0.25) is 0 Å². The SMILES string of the molecule is OCCC1OC(O)/C(O)=C(\O)C(CCO)OC2OC(CO)C(OC3OC(CO)C(OC4OC(CO)C(OC5OC(CO)C(OC(O)/C(O)=C(\O)C(CCO)OC(O)/C(O)=C/1O)C(O)C5O)C(O)C4O)C(O)C3O)C(O)C2O. The Morgan fingerprint density at radius 2 is 0.468 bits per heavy atom. The third kappa shape index (κ3) is 14.7. The van der Waals surface area contributed by atoms with E-state index in [9.17, 15) is 123 Å². The predicted molar refractivity (Wildman–Crippen MR) is 235 cm³/mol. The maximum absolute atomic E-state index is 11.3. The second-order valence-electron chi connectivity index (χ2n) is 18.0. The van der Waals surface area contributed by atoms with E-state index in [0.717, 1.165) is 0 Å². The summed E-state index contributed by atoms with van der Waals surface area (Å²) >= 11 is 0. The highest BCUT2D eigenvalue weighted by atomic mass is 16.8. The molecule has 35 heteroatoms. The zero-order valence-corrected chi connectivity index (χ0v) is 40.3. The van der Waals surface area contributed by atoms with E-state index < -0.39 is 260 Å². The lowest BCUT2D eigenvalue weighted by Crippen LogP contribution is -2.67. The van der Waals surface area contributed by atoms with E-state index in [4.69, 9.17) is 52.1 Å². The molecule has 4 saturated heterocycles. The molecule has 24 N–H and O–H groups in total. The van der Waals surface area contributed by atoms with Crippen LogP contribution < -0.4 is 0 Å². The second-order valence-corrected chi connectivity index (χ2v) is 18.0. The maximum atomic E-state index is 11.3. The van der Waals surface area contributed by atoms with Crippen molar-refractivity contribution in [2.75, 3.05) is 46.2 Å². The molecule has 448 valence electrons. The molecule has 0 aliphatic carbocycles. The van der Waals surface area contributed by atoms with E-state index >= 15 is 0 Å². The van der Waals surface area contributed by atoms with Gasteiger partial charge in [0.15, 0.2) is 59.7 Å². The molecule has 4 fully saturated rings. The minimum absolute atomic E-state index is 0.716. The average molecular weight is 1130 g/mol. The summed E-state index contributed by atoms with van der Waals surface area (Å²) in [6.45, 7) is -7.20. The van der Waals surface area contributed by atoms with Crippen molar-refractivity contribution in [3.8, 4) is 0 Å². The van der Waals surface area contributed by atoms with Crippen molar-refractivity contribution >= 4 is 0 Å². The van der Waals surface area contributed by atoms with Gasteiger partial charge in [0.25, 0.3) is 0 Å². The molecule has 0 spiro atoms. The fraction of sp³-hybridized carbons (Fsp3) is 0.857. The van der Waals surface area contributed by atoms with Crippen LogP contribution in [0.5, 0.6) is 0 Å². The molecule has 9 rings (SSSR count). The Bertz CT molecular complexity index is 1900. The monoisotopic (exact) mass is 1130 g/mol. The number of hydrogen-bond acceptors (Lipinski definition) is 35. The molecule has 26 atom stereocenters. The van der Waals surface area contributed by atoms with Crippen LogP contribution in [0.1, 0.15) is 19.3 Å². The van der Waals surface area contributed by atoms with Gasteiger partial charge in [0.1, 0.15) is 116 Å². The van der Waals surface area contributed by atoms with Crippen molar-refractivity contribution in [3.05, 3.63) is 34.6 Å². The quantitative estimate of drug-likeness (QED) is 0.0966. The van der Waals surface area contributed by atoms with Gasteiger partial charge in [0, 0.05) is 39.1 Å². The van der Waals surface area contributed by atoms with Gasteiger partial charge in [-0.05, 0) is 0 Å². The molecule has 0 radical (unpaired) electrons. The highest BCUT2D eigenvalue weighted by Crippen LogP contribution is 2.36. The molecular weight excluding hydrogens is 1060 g/mol. The maximum Gasteiger partial charge on any atom is 0.218 e. The third-order valence-electron chi connectivity index (χ3n) is 12.9. The first-order valence-electron chi connectivity index (χ1n) is 23.8. The molecule has 0 aromatic rings. The summed E-state index contributed by atoms with van der Waals surface area (Å²) in [4.78, 5) is 0. The summed E-state index contributed by atoms with van der Waals surface area (Å²) in [6, 6.07) is 0. The fourth-order valence-corrected chi connectivity index (χ4v) is 8.65. The van der Waals surface area contributed by atoms with Crippen molar-refractivity contribution in [2.45, 2.75) is 179 Å². The van der Waals surface area contributed by atoms with Crippen LogP contribution in [-0.2, 0) is 52.1 Å². The topological polar surface area (TPSA) is 587 Å². The van der Waals surface area contributed by atoms with Crippen LogP contribution in [-0.4, -0.2) is 329 Å². The van der Waals surface area contributed by atoms with Gasteiger partial charge in [-0.25, -0.2) is 0 Å². The number of fused-ring (bicyclic) bond motifs is 4. The Kier molecular flexibility index (Phi) is 24.4. The van der Waals surface area contributed by atoms with Gasteiger partial charge >= 0.3 is 0 Å². The van der Waals surface area contributed by atoms with Crippen LogP contribution in [0.4, 0.5) is 0 Å². The second kappa shape index (κ2) is 29.0. The summed E-state index contributed by atoms with van der Waals surface area (Å²) < 4.78 is 60.0. The van der Waals surface area contributed by atoms with Crippen molar-refractivity contribution < 1.29 is 175 Å². The van der Waals surface area contributed by atoms with Gasteiger partial charge in [-0.15, -0.1) is 0 Å². The van der Waals surface area contributed by atoms with Crippen molar-refractivity contribution in [1.29, 1.82) is 0 Å². The average Bonchev–Trinajstić information content (AvgIpc) is 3.42. The standard InChI is InChI=1S/C42H70O35/c43-4-1-11-18(50)25(57)36(64)68-12(2-5-44)19(51)27(59)38(66)74-32-14(7-46)71-40(29(61)21(32)53)76-34-16(9-48)73-42(31(63)23(34)55)77-35-17(10-49)72-41(30(62)24(35)56)75-33-15(8-47)70-39(28(60)22(33)54)69-13(3-6-45)20(52)26(58)37(65)67-11/h11-17,21-24,28-66H,1-10H2/b25-18+,26-20+,27-19+. The number of hydrogen-bond donors (Lipinski definition) is 24. The van der Waals surface area contributed by atoms with Crippen molar-refractivity contribution in [2.24, 2.45) is 0 Å². The summed E-state index contributed by atoms with van der Waals surface area (Å²) in [5.41, 5.74) is 0. The minimum Gasteiger partial charge on any atom is -0.506 e. The van der Waals surface area contributed by atoms with Gasteiger partial charge in [-0.1, -0.05) is 0 Å². The first kappa shape index (κ1) is 64.7. The van der Waals surface area contributed by atoms with Gasteiger partial charge in [-0.2, -0.15) is 0 Å². The summed E-state index contributed by atoms with van der Waals surface area (Å²) in [7, 11) is 0. The van der Waals surface area contributed by atoms with Crippen molar-refractivity contribution in [1.82, 2.24) is 0 Å². The molecule has 0 aromatic heterocycles.